The number of carbonyl (C=O) groups is 1. The Morgan fingerprint density at radius 1 is 1.35 bits per heavy atom. The highest BCUT2D eigenvalue weighted by Crippen LogP contribution is 2.10. The highest BCUT2D eigenvalue weighted by Gasteiger charge is 2.22. The summed E-state index contributed by atoms with van der Waals surface area (Å²) in [5.41, 5.74) is 5.76. The van der Waals surface area contributed by atoms with Crippen molar-refractivity contribution >= 4 is 5.91 Å². The van der Waals surface area contributed by atoms with E-state index in [4.69, 9.17) is 5.73 Å². The molecule has 0 bridgehead atoms. The van der Waals surface area contributed by atoms with Gasteiger partial charge in [0.25, 0.3) is 0 Å². The second-order valence-electron chi connectivity index (χ2n) is 4.83. The normalized spacial score (nSPS) is 16.6. The van der Waals surface area contributed by atoms with E-state index in [1.165, 1.54) is 0 Å². The summed E-state index contributed by atoms with van der Waals surface area (Å²) in [6.45, 7) is 6.39. The van der Waals surface area contributed by atoms with Gasteiger partial charge in [0.15, 0.2) is 0 Å². The van der Waals surface area contributed by atoms with Crippen LogP contribution in [0.1, 0.15) is 40.0 Å². The summed E-state index contributed by atoms with van der Waals surface area (Å²) >= 11 is 0. The van der Waals surface area contributed by atoms with E-state index in [9.17, 15) is 15.0 Å². The third-order valence-corrected chi connectivity index (χ3v) is 2.72. The molecule has 5 nitrogen and oxygen atoms in total. The highest BCUT2D eigenvalue weighted by molar-refractivity contribution is 5.76. The molecule has 0 fully saturated rings. The summed E-state index contributed by atoms with van der Waals surface area (Å²) in [5, 5.41) is 22.1. The molecule has 5 heteroatoms. The number of amides is 1. The number of nitrogens with one attached hydrogen (secondary N) is 1. The minimum absolute atomic E-state index is 0.0157. The molecule has 0 aromatic rings. The Labute approximate surface area is 103 Å². The van der Waals surface area contributed by atoms with Crippen molar-refractivity contribution in [3.8, 4) is 0 Å². The van der Waals surface area contributed by atoms with Crippen molar-refractivity contribution in [1.82, 2.24) is 5.32 Å². The second-order valence-corrected chi connectivity index (χ2v) is 4.83. The molecule has 102 valence electrons. The first-order chi connectivity index (χ1) is 7.88. The topological polar surface area (TPSA) is 95.6 Å². The monoisotopic (exact) mass is 246 g/mol. The number of hydrogen-bond donors (Lipinski definition) is 4. The van der Waals surface area contributed by atoms with Crippen LogP contribution in [-0.4, -0.2) is 40.9 Å². The van der Waals surface area contributed by atoms with Crippen LogP contribution in [-0.2, 0) is 4.79 Å². The summed E-state index contributed by atoms with van der Waals surface area (Å²) in [6, 6.07) is -0.372. The fourth-order valence-corrected chi connectivity index (χ4v) is 1.51. The predicted molar refractivity (Wildman–Crippen MR) is 67.4 cm³/mol. The maximum atomic E-state index is 11.3. The average Bonchev–Trinajstić information content (AvgIpc) is 2.24. The quantitative estimate of drug-likeness (QED) is 0.485. The van der Waals surface area contributed by atoms with Gasteiger partial charge < -0.3 is 21.3 Å². The van der Waals surface area contributed by atoms with E-state index in [1.807, 2.05) is 20.8 Å². The molecule has 0 aliphatic heterocycles. The molecule has 1 amide bonds. The second kappa shape index (κ2) is 8.44. The molecule has 3 atom stereocenters. The molecular weight excluding hydrogens is 220 g/mol. The van der Waals surface area contributed by atoms with Gasteiger partial charge in [0.2, 0.25) is 5.91 Å². The van der Waals surface area contributed by atoms with Gasteiger partial charge in [-0.3, -0.25) is 4.79 Å². The largest absolute Gasteiger partial charge is 0.392 e. The summed E-state index contributed by atoms with van der Waals surface area (Å²) in [6.07, 6.45) is -0.598. The van der Waals surface area contributed by atoms with Crippen LogP contribution >= 0.6 is 0 Å². The minimum atomic E-state index is -0.841. The van der Waals surface area contributed by atoms with Crippen molar-refractivity contribution < 1.29 is 15.0 Å². The summed E-state index contributed by atoms with van der Waals surface area (Å²) in [4.78, 5) is 11.3. The van der Waals surface area contributed by atoms with Crippen LogP contribution < -0.4 is 11.1 Å². The van der Waals surface area contributed by atoms with Gasteiger partial charge in [-0.25, -0.2) is 0 Å². The molecule has 0 rings (SSSR count). The lowest BCUT2D eigenvalue weighted by Crippen LogP contribution is -2.41. The Balaban J connectivity index is 3.92. The molecule has 17 heavy (non-hydrogen) atoms. The standard InChI is InChI=1S/C12H26N2O3/c1-4-5-14-11(17)7-9(15)6-10(16)12(13)8(2)3/h8-10,12,15-16H,4-7,13H2,1-3H3,(H,14,17). The van der Waals surface area contributed by atoms with Crippen LogP contribution in [0, 0.1) is 5.92 Å². The van der Waals surface area contributed by atoms with Gasteiger partial charge in [0.05, 0.1) is 18.6 Å². The van der Waals surface area contributed by atoms with E-state index in [2.05, 4.69) is 5.32 Å². The SMILES string of the molecule is CCCNC(=O)CC(O)CC(O)C(N)C(C)C. The van der Waals surface area contributed by atoms with Crippen LogP contribution in [0.5, 0.6) is 0 Å². The van der Waals surface area contributed by atoms with Crippen molar-refractivity contribution in [3.63, 3.8) is 0 Å². The van der Waals surface area contributed by atoms with Crippen molar-refractivity contribution in [2.24, 2.45) is 11.7 Å². The van der Waals surface area contributed by atoms with Crippen LogP contribution in [0.4, 0.5) is 0 Å². The minimum Gasteiger partial charge on any atom is -0.392 e. The zero-order valence-corrected chi connectivity index (χ0v) is 11.0. The summed E-state index contributed by atoms with van der Waals surface area (Å²) in [5.74, 6) is -0.0456. The predicted octanol–water partition coefficient (Wildman–Crippen LogP) is -0.00210. The molecule has 5 N–H and O–H groups in total. The van der Waals surface area contributed by atoms with Gasteiger partial charge in [-0.1, -0.05) is 20.8 Å². The van der Waals surface area contributed by atoms with Crippen molar-refractivity contribution in [3.05, 3.63) is 0 Å². The van der Waals surface area contributed by atoms with Gasteiger partial charge >= 0.3 is 0 Å². The Bertz CT molecular complexity index is 222. The Morgan fingerprint density at radius 2 is 1.94 bits per heavy atom. The van der Waals surface area contributed by atoms with Gasteiger partial charge in [-0.15, -0.1) is 0 Å². The molecule has 0 aromatic heterocycles. The number of aliphatic hydroxyl groups excluding tert-OH is 2. The average molecular weight is 246 g/mol. The summed E-state index contributed by atoms with van der Waals surface area (Å²) in [7, 11) is 0. The number of carbonyl (C=O) groups excluding carboxylic acids is 1. The van der Waals surface area contributed by atoms with Crippen molar-refractivity contribution in [2.45, 2.75) is 58.3 Å². The van der Waals surface area contributed by atoms with Gasteiger partial charge in [-0.2, -0.15) is 0 Å². The van der Waals surface area contributed by atoms with Gasteiger partial charge in [0, 0.05) is 19.0 Å². The van der Waals surface area contributed by atoms with Gasteiger partial charge in [0.1, 0.15) is 0 Å². The Hall–Kier alpha value is -0.650. The molecule has 0 saturated heterocycles. The molecule has 3 unspecified atom stereocenters. The fourth-order valence-electron chi connectivity index (χ4n) is 1.51. The summed E-state index contributed by atoms with van der Waals surface area (Å²) < 4.78 is 0. The van der Waals surface area contributed by atoms with E-state index < -0.39 is 12.2 Å². The van der Waals surface area contributed by atoms with Crippen molar-refractivity contribution in [2.75, 3.05) is 6.54 Å². The lowest BCUT2D eigenvalue weighted by Gasteiger charge is -2.24. The molecule has 0 heterocycles. The zero-order chi connectivity index (χ0) is 13.4. The first kappa shape index (κ1) is 16.4. The Kier molecular flexibility index (Phi) is 8.12. The van der Waals surface area contributed by atoms with E-state index in [0.29, 0.717) is 6.54 Å². The first-order valence-corrected chi connectivity index (χ1v) is 6.26. The molecule has 0 radical (unpaired) electrons. The maximum absolute atomic E-state index is 11.3. The van der Waals surface area contributed by atoms with E-state index in [-0.39, 0.29) is 30.7 Å². The molecule has 0 aromatic carbocycles. The maximum Gasteiger partial charge on any atom is 0.222 e. The zero-order valence-electron chi connectivity index (χ0n) is 11.0. The molecule has 0 aliphatic carbocycles. The lowest BCUT2D eigenvalue weighted by atomic mass is 9.95. The van der Waals surface area contributed by atoms with Crippen LogP contribution in [0.3, 0.4) is 0 Å². The highest BCUT2D eigenvalue weighted by atomic mass is 16.3. The lowest BCUT2D eigenvalue weighted by molar-refractivity contribution is -0.123. The number of hydrogen-bond acceptors (Lipinski definition) is 4. The first-order valence-electron chi connectivity index (χ1n) is 6.26. The van der Waals surface area contributed by atoms with E-state index in [0.717, 1.165) is 6.42 Å². The molecule has 0 aliphatic rings. The van der Waals surface area contributed by atoms with E-state index in [1.54, 1.807) is 0 Å². The van der Waals surface area contributed by atoms with Crippen molar-refractivity contribution in [1.29, 1.82) is 0 Å². The molecular formula is C12H26N2O3. The smallest absolute Gasteiger partial charge is 0.222 e. The van der Waals surface area contributed by atoms with E-state index >= 15 is 0 Å². The third-order valence-electron chi connectivity index (χ3n) is 2.72. The molecule has 0 saturated carbocycles. The molecule has 0 spiro atoms. The number of aliphatic hydroxyl groups is 2. The number of rotatable bonds is 8. The van der Waals surface area contributed by atoms with Crippen LogP contribution in [0.25, 0.3) is 0 Å². The third kappa shape index (κ3) is 7.31. The van der Waals surface area contributed by atoms with Gasteiger partial charge in [-0.05, 0) is 12.3 Å². The van der Waals surface area contributed by atoms with Crippen LogP contribution in [0.2, 0.25) is 0 Å². The number of nitrogens with two attached hydrogens (primary N) is 1. The van der Waals surface area contributed by atoms with Crippen LogP contribution in [0.15, 0.2) is 0 Å². The fraction of sp³-hybridized carbons (Fsp3) is 0.917. The Morgan fingerprint density at radius 3 is 2.41 bits per heavy atom.